The van der Waals surface area contributed by atoms with Crippen molar-refractivity contribution in [1.29, 1.82) is 0 Å². The third kappa shape index (κ3) is 2.19. The number of halogens is 2. The van der Waals surface area contributed by atoms with Crippen LogP contribution in [-0.2, 0) is 0 Å². The van der Waals surface area contributed by atoms with Crippen LogP contribution in [0.4, 0.5) is 4.39 Å². The van der Waals surface area contributed by atoms with Gasteiger partial charge in [0.1, 0.15) is 5.82 Å². The van der Waals surface area contributed by atoms with Crippen LogP contribution in [0.2, 0.25) is 0 Å². The molecule has 94 valence electrons. The smallest absolute Gasteiger partial charge is 0.256 e. The second-order valence-corrected chi connectivity index (χ2v) is 5.14. The number of rotatable bonds is 1. The Balaban J connectivity index is 2.30. The molecule has 0 amide bonds. The summed E-state index contributed by atoms with van der Waals surface area (Å²) < 4.78 is 14.6. The number of hydrogen-bond acceptors (Lipinski definition) is 1. The van der Waals surface area contributed by atoms with E-state index in [9.17, 15) is 9.18 Å². The number of aromatic nitrogens is 1. The van der Waals surface area contributed by atoms with Gasteiger partial charge in [-0.15, -0.1) is 0 Å². The van der Waals surface area contributed by atoms with Crippen LogP contribution in [0.25, 0.3) is 22.0 Å². The molecular weight excluding hydrogens is 309 g/mol. The van der Waals surface area contributed by atoms with Crippen LogP contribution < -0.4 is 5.56 Å². The molecule has 1 aromatic heterocycles. The summed E-state index contributed by atoms with van der Waals surface area (Å²) in [5.74, 6) is -0.421. The van der Waals surface area contributed by atoms with Crippen molar-refractivity contribution in [3.05, 3.63) is 69.2 Å². The summed E-state index contributed by atoms with van der Waals surface area (Å²) >= 11 is 3.20. The van der Waals surface area contributed by atoms with Crippen molar-refractivity contribution in [3.63, 3.8) is 0 Å². The molecule has 0 aliphatic carbocycles. The lowest BCUT2D eigenvalue weighted by Gasteiger charge is -2.05. The molecule has 3 rings (SSSR count). The molecule has 0 saturated heterocycles. The number of nitrogens with one attached hydrogen (secondary N) is 1. The number of pyridine rings is 1. The van der Waals surface area contributed by atoms with Crippen LogP contribution in [-0.4, -0.2) is 4.98 Å². The SMILES string of the molecule is O=c1[nH]c2ccccc2cc1-c1ccc(Br)cc1F. The largest absolute Gasteiger partial charge is 0.321 e. The summed E-state index contributed by atoms with van der Waals surface area (Å²) in [6, 6.07) is 13.8. The van der Waals surface area contributed by atoms with Gasteiger partial charge in [-0.3, -0.25) is 4.79 Å². The number of H-pyrrole nitrogens is 1. The molecule has 2 aromatic carbocycles. The van der Waals surface area contributed by atoms with Gasteiger partial charge in [0, 0.05) is 15.6 Å². The Morgan fingerprint density at radius 1 is 1.00 bits per heavy atom. The number of hydrogen-bond donors (Lipinski definition) is 1. The molecule has 0 fully saturated rings. The maximum Gasteiger partial charge on any atom is 0.256 e. The molecule has 2 nitrogen and oxygen atoms in total. The predicted molar refractivity (Wildman–Crippen MR) is 77.7 cm³/mol. The lowest BCUT2D eigenvalue weighted by Crippen LogP contribution is -2.09. The Morgan fingerprint density at radius 2 is 1.79 bits per heavy atom. The van der Waals surface area contributed by atoms with Crippen LogP contribution in [0.15, 0.2) is 57.8 Å². The first kappa shape index (κ1) is 12.1. The Bertz CT molecular complexity index is 826. The number of fused-ring (bicyclic) bond motifs is 1. The summed E-state index contributed by atoms with van der Waals surface area (Å²) in [5, 5.41) is 0.874. The fourth-order valence-electron chi connectivity index (χ4n) is 2.06. The number of para-hydroxylation sites is 1. The number of benzene rings is 2. The molecule has 1 N–H and O–H groups in total. The van der Waals surface area contributed by atoms with Crippen molar-refractivity contribution in [1.82, 2.24) is 4.98 Å². The Hall–Kier alpha value is -1.94. The summed E-state index contributed by atoms with van der Waals surface area (Å²) in [5.41, 5.74) is 1.09. The summed E-state index contributed by atoms with van der Waals surface area (Å²) in [6.07, 6.45) is 0. The lowest BCUT2D eigenvalue weighted by atomic mass is 10.0. The zero-order valence-corrected chi connectivity index (χ0v) is 11.4. The third-order valence-corrected chi connectivity index (χ3v) is 3.47. The predicted octanol–water partition coefficient (Wildman–Crippen LogP) is 4.10. The summed E-state index contributed by atoms with van der Waals surface area (Å²) in [4.78, 5) is 14.8. The molecular formula is C15H9BrFNO. The quantitative estimate of drug-likeness (QED) is 0.720. The first-order chi connectivity index (χ1) is 9.15. The highest BCUT2D eigenvalue weighted by molar-refractivity contribution is 9.10. The van der Waals surface area contributed by atoms with E-state index in [1.54, 1.807) is 18.2 Å². The Labute approximate surface area is 117 Å². The van der Waals surface area contributed by atoms with E-state index in [0.29, 0.717) is 15.6 Å². The molecule has 1 heterocycles. The fourth-order valence-corrected chi connectivity index (χ4v) is 2.39. The van der Waals surface area contributed by atoms with Crippen molar-refractivity contribution in [2.45, 2.75) is 0 Å². The molecule has 0 saturated carbocycles. The van der Waals surface area contributed by atoms with E-state index in [2.05, 4.69) is 20.9 Å². The van der Waals surface area contributed by atoms with Gasteiger partial charge in [-0.25, -0.2) is 4.39 Å². The molecule has 3 aromatic rings. The van der Waals surface area contributed by atoms with E-state index in [1.165, 1.54) is 6.07 Å². The zero-order chi connectivity index (χ0) is 13.4. The van der Waals surface area contributed by atoms with Crippen LogP contribution in [0, 0.1) is 5.82 Å². The van der Waals surface area contributed by atoms with E-state index in [4.69, 9.17) is 0 Å². The van der Waals surface area contributed by atoms with Crippen LogP contribution in [0.3, 0.4) is 0 Å². The topological polar surface area (TPSA) is 32.9 Å². The van der Waals surface area contributed by atoms with Crippen LogP contribution >= 0.6 is 15.9 Å². The molecule has 0 aliphatic rings. The average Bonchev–Trinajstić information content (AvgIpc) is 2.38. The van der Waals surface area contributed by atoms with E-state index < -0.39 is 5.82 Å². The molecule has 0 atom stereocenters. The fraction of sp³-hybridized carbons (Fsp3) is 0. The average molecular weight is 318 g/mol. The van der Waals surface area contributed by atoms with Crippen molar-refractivity contribution in [3.8, 4) is 11.1 Å². The Morgan fingerprint density at radius 3 is 2.58 bits per heavy atom. The normalized spacial score (nSPS) is 10.8. The zero-order valence-electron chi connectivity index (χ0n) is 9.78. The molecule has 0 unspecified atom stereocenters. The highest BCUT2D eigenvalue weighted by Crippen LogP contribution is 2.24. The minimum atomic E-state index is -0.421. The minimum absolute atomic E-state index is 0.292. The summed E-state index contributed by atoms with van der Waals surface area (Å²) in [6.45, 7) is 0. The highest BCUT2D eigenvalue weighted by Gasteiger charge is 2.10. The molecule has 0 bridgehead atoms. The maximum absolute atomic E-state index is 13.9. The van der Waals surface area contributed by atoms with Gasteiger partial charge in [0.15, 0.2) is 0 Å². The van der Waals surface area contributed by atoms with E-state index in [0.717, 1.165) is 10.9 Å². The van der Waals surface area contributed by atoms with E-state index in [1.807, 2.05) is 24.3 Å². The standard InChI is InChI=1S/C15H9BrFNO/c16-10-5-6-11(13(17)8-10)12-7-9-3-1-2-4-14(9)18-15(12)19/h1-8H,(H,18,19). The molecule has 0 spiro atoms. The van der Waals surface area contributed by atoms with E-state index >= 15 is 0 Å². The highest BCUT2D eigenvalue weighted by atomic mass is 79.9. The van der Waals surface area contributed by atoms with Gasteiger partial charge in [-0.1, -0.05) is 40.2 Å². The second-order valence-electron chi connectivity index (χ2n) is 4.22. The molecule has 4 heteroatoms. The van der Waals surface area contributed by atoms with E-state index in [-0.39, 0.29) is 5.56 Å². The third-order valence-electron chi connectivity index (χ3n) is 2.97. The van der Waals surface area contributed by atoms with Crippen molar-refractivity contribution >= 4 is 26.8 Å². The number of aromatic amines is 1. The van der Waals surface area contributed by atoms with Gasteiger partial charge >= 0.3 is 0 Å². The van der Waals surface area contributed by atoms with Gasteiger partial charge in [-0.05, 0) is 29.7 Å². The monoisotopic (exact) mass is 317 g/mol. The second kappa shape index (κ2) is 4.63. The van der Waals surface area contributed by atoms with Crippen molar-refractivity contribution < 1.29 is 4.39 Å². The molecule has 19 heavy (non-hydrogen) atoms. The minimum Gasteiger partial charge on any atom is -0.321 e. The lowest BCUT2D eigenvalue weighted by molar-refractivity contribution is 0.630. The van der Waals surface area contributed by atoms with Gasteiger partial charge in [0.05, 0.1) is 5.56 Å². The van der Waals surface area contributed by atoms with Gasteiger partial charge in [-0.2, -0.15) is 0 Å². The van der Waals surface area contributed by atoms with Gasteiger partial charge in [0.25, 0.3) is 5.56 Å². The Kier molecular flexibility index (Phi) is 2.95. The van der Waals surface area contributed by atoms with Gasteiger partial charge < -0.3 is 4.98 Å². The van der Waals surface area contributed by atoms with Crippen molar-refractivity contribution in [2.75, 3.05) is 0 Å². The van der Waals surface area contributed by atoms with Crippen molar-refractivity contribution in [2.24, 2.45) is 0 Å². The first-order valence-corrected chi connectivity index (χ1v) is 6.52. The summed E-state index contributed by atoms with van der Waals surface area (Å²) in [7, 11) is 0. The molecule has 0 aliphatic heterocycles. The van der Waals surface area contributed by atoms with Gasteiger partial charge in [0.2, 0.25) is 0 Å². The van der Waals surface area contributed by atoms with Crippen LogP contribution in [0.5, 0.6) is 0 Å². The maximum atomic E-state index is 13.9. The molecule has 0 radical (unpaired) electrons. The van der Waals surface area contributed by atoms with Crippen LogP contribution in [0.1, 0.15) is 0 Å². The first-order valence-electron chi connectivity index (χ1n) is 5.72.